The zero-order chi connectivity index (χ0) is 16.1. The maximum atomic E-state index is 12.4. The number of ether oxygens (including phenoxy) is 1. The van der Waals surface area contributed by atoms with E-state index in [1.54, 1.807) is 36.4 Å². The Morgan fingerprint density at radius 3 is 2.59 bits per heavy atom. The smallest absolute Gasteiger partial charge is 0.308 e. The van der Waals surface area contributed by atoms with Gasteiger partial charge in [0.1, 0.15) is 11.8 Å². The van der Waals surface area contributed by atoms with Crippen molar-refractivity contribution in [3.63, 3.8) is 0 Å². The van der Waals surface area contributed by atoms with Crippen LogP contribution in [-0.2, 0) is 4.79 Å². The zero-order valence-electron chi connectivity index (χ0n) is 12.2. The van der Waals surface area contributed by atoms with Gasteiger partial charge >= 0.3 is 5.97 Å². The maximum Gasteiger partial charge on any atom is 0.308 e. The molecule has 0 spiro atoms. The second-order valence-electron chi connectivity index (χ2n) is 4.70. The van der Waals surface area contributed by atoms with Gasteiger partial charge in [-0.1, -0.05) is 18.2 Å². The average Bonchev–Trinajstić information content (AvgIpc) is 2.48. The third-order valence-corrected chi connectivity index (χ3v) is 2.93. The van der Waals surface area contributed by atoms with E-state index < -0.39 is 11.9 Å². The molecule has 0 saturated carbocycles. The fourth-order valence-corrected chi connectivity index (χ4v) is 1.95. The van der Waals surface area contributed by atoms with Crippen molar-refractivity contribution < 1.29 is 14.3 Å². The second kappa shape index (κ2) is 6.55. The summed E-state index contributed by atoms with van der Waals surface area (Å²) in [4.78, 5) is 23.4. The van der Waals surface area contributed by atoms with Crippen LogP contribution in [0.5, 0.6) is 5.75 Å². The predicted octanol–water partition coefficient (Wildman–Crippen LogP) is 3.04. The molecule has 22 heavy (non-hydrogen) atoms. The van der Waals surface area contributed by atoms with Crippen molar-refractivity contribution in [3.8, 4) is 11.8 Å². The molecule has 0 aliphatic rings. The van der Waals surface area contributed by atoms with Gasteiger partial charge in [0, 0.05) is 6.92 Å². The molecule has 0 heterocycles. The molecule has 1 amide bonds. The molecule has 110 valence electrons. The van der Waals surface area contributed by atoms with Gasteiger partial charge in [0.15, 0.2) is 0 Å². The molecule has 0 saturated heterocycles. The Bertz CT molecular complexity index is 776. The highest BCUT2D eigenvalue weighted by Crippen LogP contribution is 2.22. The average molecular weight is 294 g/mol. The molecule has 0 radical (unpaired) electrons. The fourth-order valence-electron chi connectivity index (χ4n) is 1.95. The Morgan fingerprint density at radius 1 is 1.18 bits per heavy atom. The topological polar surface area (TPSA) is 79.2 Å². The van der Waals surface area contributed by atoms with Crippen LogP contribution in [0.25, 0.3) is 0 Å². The summed E-state index contributed by atoms with van der Waals surface area (Å²) in [5.74, 6) is -0.774. The lowest BCUT2D eigenvalue weighted by molar-refractivity contribution is -0.131. The number of esters is 1. The van der Waals surface area contributed by atoms with Gasteiger partial charge < -0.3 is 10.1 Å². The number of benzene rings is 2. The highest BCUT2D eigenvalue weighted by atomic mass is 16.5. The summed E-state index contributed by atoms with van der Waals surface area (Å²) in [7, 11) is 0. The largest absolute Gasteiger partial charge is 0.426 e. The number of rotatable bonds is 3. The monoisotopic (exact) mass is 294 g/mol. The van der Waals surface area contributed by atoms with Crippen LogP contribution in [0.4, 0.5) is 5.69 Å². The molecule has 5 heteroatoms. The zero-order valence-corrected chi connectivity index (χ0v) is 12.2. The van der Waals surface area contributed by atoms with Gasteiger partial charge in [-0.25, -0.2) is 0 Å². The van der Waals surface area contributed by atoms with Gasteiger partial charge in [0.2, 0.25) is 0 Å². The highest BCUT2D eigenvalue weighted by molar-refractivity contribution is 6.07. The molecule has 5 nitrogen and oxygen atoms in total. The summed E-state index contributed by atoms with van der Waals surface area (Å²) in [5.41, 5.74) is 1.94. The molecule has 0 bridgehead atoms. The van der Waals surface area contributed by atoms with Gasteiger partial charge in [-0.05, 0) is 36.8 Å². The van der Waals surface area contributed by atoms with Gasteiger partial charge in [0.05, 0.1) is 16.8 Å². The van der Waals surface area contributed by atoms with E-state index in [1.165, 1.54) is 13.0 Å². The molecule has 0 aliphatic heterocycles. The van der Waals surface area contributed by atoms with Crippen molar-refractivity contribution in [3.05, 3.63) is 59.2 Å². The summed E-state index contributed by atoms with van der Waals surface area (Å²) in [5, 5.41) is 11.8. The lowest BCUT2D eigenvalue weighted by atomic mass is 10.1. The maximum absolute atomic E-state index is 12.4. The van der Waals surface area contributed by atoms with E-state index >= 15 is 0 Å². The van der Waals surface area contributed by atoms with Crippen LogP contribution in [0.2, 0.25) is 0 Å². The Labute approximate surface area is 128 Å². The van der Waals surface area contributed by atoms with Crippen molar-refractivity contribution in [2.75, 3.05) is 5.32 Å². The summed E-state index contributed by atoms with van der Waals surface area (Å²) in [6, 6.07) is 13.6. The Morgan fingerprint density at radius 2 is 1.91 bits per heavy atom. The number of amides is 1. The normalized spacial score (nSPS) is 9.68. The van der Waals surface area contributed by atoms with E-state index in [4.69, 9.17) is 10.00 Å². The van der Waals surface area contributed by atoms with E-state index in [1.807, 2.05) is 13.0 Å². The fraction of sp³-hybridized carbons (Fsp3) is 0.118. The molecule has 0 aliphatic carbocycles. The van der Waals surface area contributed by atoms with E-state index in [0.717, 1.165) is 5.56 Å². The lowest BCUT2D eigenvalue weighted by Gasteiger charge is -2.10. The molecular formula is C17H14N2O3. The number of nitriles is 1. The van der Waals surface area contributed by atoms with Crippen molar-refractivity contribution >= 4 is 17.6 Å². The van der Waals surface area contributed by atoms with Crippen molar-refractivity contribution in [2.24, 2.45) is 0 Å². The van der Waals surface area contributed by atoms with Crippen molar-refractivity contribution in [1.82, 2.24) is 0 Å². The highest BCUT2D eigenvalue weighted by Gasteiger charge is 2.15. The number of aryl methyl sites for hydroxylation is 1. The lowest BCUT2D eigenvalue weighted by Crippen LogP contribution is -2.15. The number of carbonyl (C=O) groups is 2. The van der Waals surface area contributed by atoms with Crippen molar-refractivity contribution in [2.45, 2.75) is 13.8 Å². The van der Waals surface area contributed by atoms with Gasteiger partial charge in [0.25, 0.3) is 5.91 Å². The molecule has 0 fully saturated rings. The molecule has 0 atom stereocenters. The standard InChI is InChI=1S/C17H14N2O3/c1-11-7-8-15(13(9-11)10-18)19-17(21)14-5-3-4-6-16(14)22-12(2)20/h3-9H,1-2H3,(H,19,21). The van der Waals surface area contributed by atoms with Gasteiger partial charge in [-0.2, -0.15) is 5.26 Å². The summed E-state index contributed by atoms with van der Waals surface area (Å²) in [6.45, 7) is 3.13. The SMILES string of the molecule is CC(=O)Oc1ccccc1C(=O)Nc1ccc(C)cc1C#N. The second-order valence-corrected chi connectivity index (χ2v) is 4.70. The molecule has 0 aromatic heterocycles. The number of hydrogen-bond acceptors (Lipinski definition) is 4. The quantitative estimate of drug-likeness (QED) is 0.697. The molecule has 2 aromatic rings. The van der Waals surface area contributed by atoms with Crippen LogP contribution in [0.1, 0.15) is 28.4 Å². The Hall–Kier alpha value is -3.13. The van der Waals surface area contributed by atoms with E-state index in [9.17, 15) is 9.59 Å². The first-order valence-corrected chi connectivity index (χ1v) is 6.61. The Kier molecular flexibility index (Phi) is 4.54. The van der Waals surface area contributed by atoms with Gasteiger partial charge in [-0.15, -0.1) is 0 Å². The number of hydrogen-bond donors (Lipinski definition) is 1. The van der Waals surface area contributed by atoms with Crippen LogP contribution in [0, 0.1) is 18.3 Å². The summed E-state index contributed by atoms with van der Waals surface area (Å²) >= 11 is 0. The molecule has 1 N–H and O–H groups in total. The van der Waals surface area contributed by atoms with Crippen LogP contribution < -0.4 is 10.1 Å². The first-order valence-electron chi connectivity index (χ1n) is 6.61. The number of nitrogens with one attached hydrogen (secondary N) is 1. The molecule has 2 aromatic carbocycles. The predicted molar refractivity (Wildman–Crippen MR) is 81.6 cm³/mol. The van der Waals surface area contributed by atoms with Crippen LogP contribution in [-0.4, -0.2) is 11.9 Å². The summed E-state index contributed by atoms with van der Waals surface area (Å²) < 4.78 is 5.02. The molecule has 0 unspecified atom stereocenters. The number of para-hydroxylation sites is 1. The minimum atomic E-state index is -0.506. The number of nitrogens with zero attached hydrogens (tertiary/aromatic N) is 1. The van der Waals surface area contributed by atoms with Crippen LogP contribution in [0.15, 0.2) is 42.5 Å². The van der Waals surface area contributed by atoms with Gasteiger partial charge in [-0.3, -0.25) is 9.59 Å². The molecule has 2 rings (SSSR count). The summed E-state index contributed by atoms with van der Waals surface area (Å²) in [6.07, 6.45) is 0. The number of anilines is 1. The Balaban J connectivity index is 2.31. The van der Waals surface area contributed by atoms with E-state index in [-0.39, 0.29) is 11.3 Å². The molecular weight excluding hydrogens is 280 g/mol. The third-order valence-electron chi connectivity index (χ3n) is 2.93. The minimum Gasteiger partial charge on any atom is -0.426 e. The van der Waals surface area contributed by atoms with E-state index in [2.05, 4.69) is 5.32 Å². The minimum absolute atomic E-state index is 0.179. The van der Waals surface area contributed by atoms with E-state index in [0.29, 0.717) is 11.3 Å². The first kappa shape index (κ1) is 15.3. The van der Waals surface area contributed by atoms with Crippen molar-refractivity contribution in [1.29, 1.82) is 5.26 Å². The van der Waals surface area contributed by atoms with Crippen LogP contribution >= 0.6 is 0 Å². The first-order chi connectivity index (χ1) is 10.5. The van der Waals surface area contributed by atoms with Crippen LogP contribution in [0.3, 0.4) is 0 Å². The third kappa shape index (κ3) is 3.49. The number of carbonyl (C=O) groups excluding carboxylic acids is 2.